The molecule has 1 N–H and O–H groups in total. The lowest BCUT2D eigenvalue weighted by molar-refractivity contribution is -0.147. The third-order valence-electron chi connectivity index (χ3n) is 1.69. The smallest absolute Gasteiger partial charge is 0.328 e. The second-order valence-electron chi connectivity index (χ2n) is 3.10. The average molecular weight is 229 g/mol. The first-order valence-corrected chi connectivity index (χ1v) is 5.01. The average Bonchev–Trinajstić information content (AvgIpc) is 2.16. The molecule has 0 bridgehead atoms. The fraction of sp³-hybridized carbons (Fsp3) is 0.636. The van der Waals surface area contributed by atoms with Crippen molar-refractivity contribution < 1.29 is 18.7 Å². The van der Waals surface area contributed by atoms with Crippen molar-refractivity contribution in [1.29, 1.82) is 0 Å². The molecule has 0 aromatic carbocycles. The van der Waals surface area contributed by atoms with Crippen molar-refractivity contribution in [2.75, 3.05) is 6.61 Å². The van der Waals surface area contributed by atoms with Crippen LogP contribution in [-0.4, -0.2) is 30.7 Å². The maximum Gasteiger partial charge on any atom is 0.328 e. The molecule has 0 unspecified atom stereocenters. The topological polar surface area (TPSA) is 55.4 Å². The zero-order valence-corrected chi connectivity index (χ0v) is 9.67. The SMILES string of the molecule is CC#C[C@H](F)C[C@@H](NC(C)=O)C(=O)OCC. The Hall–Kier alpha value is -1.57. The fourth-order valence-electron chi connectivity index (χ4n) is 1.12. The number of hydrogen-bond acceptors (Lipinski definition) is 3. The molecule has 0 aromatic heterocycles. The molecule has 0 fully saturated rings. The Labute approximate surface area is 94.5 Å². The summed E-state index contributed by atoms with van der Waals surface area (Å²) in [5.74, 6) is 3.63. The predicted molar refractivity (Wildman–Crippen MR) is 57.2 cm³/mol. The minimum absolute atomic E-state index is 0.186. The van der Waals surface area contributed by atoms with Crippen LogP contribution in [0.15, 0.2) is 0 Å². The number of amides is 1. The van der Waals surface area contributed by atoms with Gasteiger partial charge in [-0.25, -0.2) is 9.18 Å². The highest BCUT2D eigenvalue weighted by atomic mass is 19.1. The molecule has 2 atom stereocenters. The summed E-state index contributed by atoms with van der Waals surface area (Å²) in [5.41, 5.74) is 0. The quantitative estimate of drug-likeness (QED) is 0.560. The summed E-state index contributed by atoms with van der Waals surface area (Å²) in [7, 11) is 0. The molecular weight excluding hydrogens is 213 g/mol. The van der Waals surface area contributed by atoms with Crippen molar-refractivity contribution >= 4 is 11.9 Å². The first-order valence-electron chi connectivity index (χ1n) is 5.01. The summed E-state index contributed by atoms with van der Waals surface area (Å²) < 4.78 is 17.9. The van der Waals surface area contributed by atoms with Gasteiger partial charge in [-0.1, -0.05) is 5.92 Å². The summed E-state index contributed by atoms with van der Waals surface area (Å²) >= 11 is 0. The second-order valence-corrected chi connectivity index (χ2v) is 3.10. The monoisotopic (exact) mass is 229 g/mol. The number of carbonyl (C=O) groups is 2. The van der Waals surface area contributed by atoms with Gasteiger partial charge in [0, 0.05) is 13.3 Å². The number of ether oxygens (including phenoxy) is 1. The number of rotatable bonds is 5. The molecular formula is C11H16FNO3. The van der Waals surface area contributed by atoms with E-state index in [9.17, 15) is 14.0 Å². The molecule has 0 heterocycles. The van der Waals surface area contributed by atoms with E-state index >= 15 is 0 Å². The molecule has 16 heavy (non-hydrogen) atoms. The number of nitrogens with one attached hydrogen (secondary N) is 1. The van der Waals surface area contributed by atoms with Crippen LogP contribution in [0, 0.1) is 11.8 Å². The van der Waals surface area contributed by atoms with E-state index in [-0.39, 0.29) is 13.0 Å². The highest BCUT2D eigenvalue weighted by Crippen LogP contribution is 2.04. The minimum atomic E-state index is -1.45. The molecule has 0 aliphatic rings. The van der Waals surface area contributed by atoms with Gasteiger partial charge < -0.3 is 10.1 Å². The van der Waals surface area contributed by atoms with Crippen molar-refractivity contribution in [3.8, 4) is 11.8 Å². The molecule has 90 valence electrons. The molecule has 5 heteroatoms. The summed E-state index contributed by atoms with van der Waals surface area (Å²) in [4.78, 5) is 22.2. The van der Waals surface area contributed by atoms with E-state index in [1.807, 2.05) is 0 Å². The lowest BCUT2D eigenvalue weighted by Gasteiger charge is -2.16. The van der Waals surface area contributed by atoms with Crippen molar-refractivity contribution in [3.05, 3.63) is 0 Å². The molecule has 4 nitrogen and oxygen atoms in total. The number of esters is 1. The van der Waals surface area contributed by atoms with E-state index in [2.05, 4.69) is 17.2 Å². The summed E-state index contributed by atoms with van der Waals surface area (Å²) in [5, 5.41) is 2.33. The number of carbonyl (C=O) groups excluding carboxylic acids is 2. The van der Waals surface area contributed by atoms with Crippen LogP contribution in [0.5, 0.6) is 0 Å². The van der Waals surface area contributed by atoms with Crippen molar-refractivity contribution in [1.82, 2.24) is 5.32 Å². The number of halogens is 1. The van der Waals surface area contributed by atoms with Crippen LogP contribution < -0.4 is 5.32 Å². The van der Waals surface area contributed by atoms with Crippen LogP contribution in [0.25, 0.3) is 0 Å². The number of hydrogen-bond donors (Lipinski definition) is 1. The predicted octanol–water partition coefficient (Wildman–Crippen LogP) is 0.806. The molecule has 0 aliphatic carbocycles. The van der Waals surface area contributed by atoms with Crippen LogP contribution in [0.3, 0.4) is 0 Å². The van der Waals surface area contributed by atoms with E-state index in [1.165, 1.54) is 13.8 Å². The molecule has 1 amide bonds. The lowest BCUT2D eigenvalue weighted by atomic mass is 10.1. The van der Waals surface area contributed by atoms with Gasteiger partial charge in [0.15, 0.2) is 6.17 Å². The standard InChI is InChI=1S/C11H16FNO3/c1-4-6-9(12)7-10(13-8(3)14)11(15)16-5-2/h9-10H,5,7H2,1-3H3,(H,13,14)/t9-,10+/m0/s1. The van der Waals surface area contributed by atoms with Crippen molar-refractivity contribution in [2.45, 2.75) is 39.4 Å². The van der Waals surface area contributed by atoms with Gasteiger partial charge in [-0.05, 0) is 13.8 Å². The van der Waals surface area contributed by atoms with Gasteiger partial charge in [0.05, 0.1) is 6.61 Å². The fourth-order valence-corrected chi connectivity index (χ4v) is 1.12. The third-order valence-corrected chi connectivity index (χ3v) is 1.69. The lowest BCUT2D eigenvalue weighted by Crippen LogP contribution is -2.42. The second kappa shape index (κ2) is 7.69. The molecule has 0 spiro atoms. The molecule has 0 radical (unpaired) electrons. The van der Waals surface area contributed by atoms with Gasteiger partial charge in [0.1, 0.15) is 6.04 Å². The number of alkyl halides is 1. The Morgan fingerprint density at radius 1 is 1.50 bits per heavy atom. The molecule has 0 saturated heterocycles. The van der Waals surface area contributed by atoms with Crippen LogP contribution in [0.4, 0.5) is 4.39 Å². The Balaban J connectivity index is 4.45. The molecule has 0 rings (SSSR count). The Morgan fingerprint density at radius 3 is 2.56 bits per heavy atom. The minimum Gasteiger partial charge on any atom is -0.464 e. The van der Waals surface area contributed by atoms with Gasteiger partial charge in [-0.2, -0.15) is 0 Å². The third kappa shape index (κ3) is 6.02. The van der Waals surface area contributed by atoms with Gasteiger partial charge >= 0.3 is 5.97 Å². The maximum absolute atomic E-state index is 13.2. The van der Waals surface area contributed by atoms with Gasteiger partial charge in [0.25, 0.3) is 0 Å². The van der Waals surface area contributed by atoms with Crippen molar-refractivity contribution in [2.24, 2.45) is 0 Å². The van der Waals surface area contributed by atoms with Crippen LogP contribution in [-0.2, 0) is 14.3 Å². The van der Waals surface area contributed by atoms with Gasteiger partial charge in [-0.3, -0.25) is 4.79 Å². The maximum atomic E-state index is 13.2. The molecule has 0 aliphatic heterocycles. The Kier molecular flexibility index (Phi) is 6.93. The van der Waals surface area contributed by atoms with Crippen LogP contribution in [0.2, 0.25) is 0 Å². The Morgan fingerprint density at radius 2 is 2.12 bits per heavy atom. The van der Waals surface area contributed by atoms with Crippen LogP contribution in [0.1, 0.15) is 27.2 Å². The highest BCUT2D eigenvalue weighted by molar-refractivity contribution is 5.83. The van der Waals surface area contributed by atoms with Crippen molar-refractivity contribution in [3.63, 3.8) is 0 Å². The van der Waals surface area contributed by atoms with E-state index in [0.717, 1.165) is 0 Å². The van der Waals surface area contributed by atoms with Gasteiger partial charge in [-0.15, -0.1) is 5.92 Å². The summed E-state index contributed by atoms with van der Waals surface area (Å²) in [6.07, 6.45) is -1.65. The zero-order valence-electron chi connectivity index (χ0n) is 9.67. The first kappa shape index (κ1) is 14.4. The largest absolute Gasteiger partial charge is 0.464 e. The van der Waals surface area contributed by atoms with E-state index in [1.54, 1.807) is 6.92 Å². The van der Waals surface area contributed by atoms with E-state index < -0.39 is 24.1 Å². The van der Waals surface area contributed by atoms with E-state index in [0.29, 0.717) is 0 Å². The highest BCUT2D eigenvalue weighted by Gasteiger charge is 2.23. The molecule has 0 aromatic rings. The normalized spacial score (nSPS) is 13.0. The Bertz CT molecular complexity index is 306. The van der Waals surface area contributed by atoms with E-state index in [4.69, 9.17) is 4.74 Å². The summed E-state index contributed by atoms with van der Waals surface area (Å²) in [6.45, 7) is 4.59. The zero-order chi connectivity index (χ0) is 12.6. The molecule has 0 saturated carbocycles. The first-order chi connectivity index (χ1) is 7.51. The van der Waals surface area contributed by atoms with Crippen LogP contribution >= 0.6 is 0 Å². The van der Waals surface area contributed by atoms with Gasteiger partial charge in [0.2, 0.25) is 5.91 Å². The summed E-state index contributed by atoms with van der Waals surface area (Å²) in [6, 6.07) is -0.978.